The Hall–Kier alpha value is -0.590. The molecule has 0 radical (unpaired) electrons. The van der Waals surface area contributed by atoms with Crippen LogP contribution in [0.1, 0.15) is 33.1 Å². The van der Waals surface area contributed by atoms with Crippen LogP contribution in [0.15, 0.2) is 11.5 Å². The second-order valence-corrected chi connectivity index (χ2v) is 6.84. The molecule has 5 nitrogen and oxygen atoms in total. The lowest BCUT2D eigenvalue weighted by atomic mass is 9.97. The lowest BCUT2D eigenvalue weighted by molar-refractivity contribution is 0.164. The number of nitrogens with zero attached hydrogens (tertiary/aromatic N) is 3. The summed E-state index contributed by atoms with van der Waals surface area (Å²) in [5.41, 5.74) is -0.188. The van der Waals surface area contributed by atoms with E-state index < -0.39 is 0 Å². The number of nitrogens with one attached hydrogen (secondary N) is 1. The van der Waals surface area contributed by atoms with Crippen molar-refractivity contribution in [3.05, 3.63) is 6.33 Å². The highest BCUT2D eigenvalue weighted by molar-refractivity contribution is 7.99. The van der Waals surface area contributed by atoms with Gasteiger partial charge in [0.25, 0.3) is 0 Å². The summed E-state index contributed by atoms with van der Waals surface area (Å²) >= 11 is 1.70. The number of hydrogen-bond donors (Lipinski definition) is 2. The summed E-state index contributed by atoms with van der Waals surface area (Å²) in [7, 11) is 1.90. The van der Waals surface area contributed by atoms with E-state index in [0.29, 0.717) is 11.3 Å². The SMILES string of the molecule is CC(CC(C)(CO)NC1CC1)Sc1ncnn1C. The smallest absolute Gasteiger partial charge is 0.186 e. The number of aliphatic hydroxyl groups excluding tert-OH is 1. The predicted octanol–water partition coefficient (Wildman–Crippen LogP) is 1.19. The van der Waals surface area contributed by atoms with Crippen molar-refractivity contribution >= 4 is 11.8 Å². The molecule has 18 heavy (non-hydrogen) atoms. The van der Waals surface area contributed by atoms with Gasteiger partial charge < -0.3 is 10.4 Å². The van der Waals surface area contributed by atoms with Crippen molar-refractivity contribution < 1.29 is 5.11 Å². The molecule has 1 aliphatic rings. The molecule has 1 aromatic rings. The second-order valence-electron chi connectivity index (χ2n) is 5.44. The first-order valence-corrected chi connectivity index (χ1v) is 7.29. The average Bonchev–Trinajstić information content (AvgIpc) is 3.02. The van der Waals surface area contributed by atoms with Crippen LogP contribution in [0.5, 0.6) is 0 Å². The first kappa shape index (κ1) is 13.8. The van der Waals surface area contributed by atoms with Gasteiger partial charge in [-0.25, -0.2) is 9.67 Å². The molecule has 2 unspecified atom stereocenters. The highest BCUT2D eigenvalue weighted by Gasteiger charge is 2.33. The zero-order chi connectivity index (χ0) is 13.2. The third-order valence-corrected chi connectivity index (χ3v) is 4.34. The van der Waals surface area contributed by atoms with Crippen LogP contribution in [0.3, 0.4) is 0 Å². The summed E-state index contributed by atoms with van der Waals surface area (Å²) in [6.45, 7) is 4.44. The predicted molar refractivity (Wildman–Crippen MR) is 72.6 cm³/mol. The van der Waals surface area contributed by atoms with Gasteiger partial charge in [-0.05, 0) is 26.2 Å². The summed E-state index contributed by atoms with van der Waals surface area (Å²) in [5.74, 6) is 0. The van der Waals surface area contributed by atoms with E-state index in [1.807, 2.05) is 7.05 Å². The monoisotopic (exact) mass is 270 g/mol. The molecule has 2 rings (SSSR count). The maximum Gasteiger partial charge on any atom is 0.186 e. The number of thioether (sulfide) groups is 1. The summed E-state index contributed by atoms with van der Waals surface area (Å²) in [4.78, 5) is 4.22. The summed E-state index contributed by atoms with van der Waals surface area (Å²) in [6, 6.07) is 0.606. The van der Waals surface area contributed by atoms with Gasteiger partial charge in [-0.1, -0.05) is 18.7 Å². The average molecular weight is 270 g/mol. The van der Waals surface area contributed by atoms with E-state index in [2.05, 4.69) is 29.2 Å². The summed E-state index contributed by atoms with van der Waals surface area (Å²) < 4.78 is 1.78. The van der Waals surface area contributed by atoms with Gasteiger partial charge in [-0.15, -0.1) is 0 Å². The third-order valence-electron chi connectivity index (χ3n) is 3.19. The third kappa shape index (κ3) is 3.70. The molecule has 0 bridgehead atoms. The van der Waals surface area contributed by atoms with Gasteiger partial charge in [-0.3, -0.25) is 0 Å². The quantitative estimate of drug-likeness (QED) is 0.729. The molecule has 0 saturated heterocycles. The summed E-state index contributed by atoms with van der Waals surface area (Å²) in [6.07, 6.45) is 4.96. The first-order chi connectivity index (χ1) is 8.52. The van der Waals surface area contributed by atoms with E-state index in [0.717, 1.165) is 11.6 Å². The van der Waals surface area contributed by atoms with Gasteiger partial charge in [0.2, 0.25) is 0 Å². The van der Waals surface area contributed by atoms with Crippen molar-refractivity contribution in [3.63, 3.8) is 0 Å². The van der Waals surface area contributed by atoms with Gasteiger partial charge in [0.15, 0.2) is 5.16 Å². The Morgan fingerprint density at radius 2 is 2.39 bits per heavy atom. The maximum atomic E-state index is 9.59. The Kier molecular flexibility index (Phi) is 4.29. The van der Waals surface area contributed by atoms with Crippen molar-refractivity contribution in [2.24, 2.45) is 7.05 Å². The van der Waals surface area contributed by atoms with E-state index in [1.54, 1.807) is 22.8 Å². The Labute approximate surface area is 112 Å². The van der Waals surface area contributed by atoms with Crippen LogP contribution >= 0.6 is 11.8 Å². The van der Waals surface area contributed by atoms with E-state index in [9.17, 15) is 5.11 Å². The molecule has 6 heteroatoms. The largest absolute Gasteiger partial charge is 0.394 e. The van der Waals surface area contributed by atoms with E-state index in [-0.39, 0.29) is 12.1 Å². The second kappa shape index (κ2) is 5.59. The number of aromatic nitrogens is 3. The topological polar surface area (TPSA) is 63.0 Å². The lowest BCUT2D eigenvalue weighted by Gasteiger charge is -2.31. The number of rotatable bonds is 7. The maximum absolute atomic E-state index is 9.59. The minimum atomic E-state index is -0.188. The van der Waals surface area contributed by atoms with Gasteiger partial charge in [0, 0.05) is 23.9 Å². The van der Waals surface area contributed by atoms with Crippen LogP contribution in [0.2, 0.25) is 0 Å². The molecule has 0 aliphatic heterocycles. The Balaban J connectivity index is 1.88. The molecular formula is C12H22N4OS. The van der Waals surface area contributed by atoms with E-state index in [4.69, 9.17) is 0 Å². The fourth-order valence-electron chi connectivity index (χ4n) is 2.14. The van der Waals surface area contributed by atoms with Crippen LogP contribution in [-0.4, -0.2) is 43.3 Å². The normalized spacial score (nSPS) is 20.7. The molecule has 1 saturated carbocycles. The van der Waals surface area contributed by atoms with Crippen molar-refractivity contribution in [2.45, 2.75) is 55.1 Å². The fourth-order valence-corrected chi connectivity index (χ4v) is 3.26. The zero-order valence-electron chi connectivity index (χ0n) is 11.3. The van der Waals surface area contributed by atoms with Crippen LogP contribution in [0.25, 0.3) is 0 Å². The standard InChI is InChI=1S/C12H22N4OS/c1-9(18-11-13-8-14-16(11)3)6-12(2,7-17)15-10-4-5-10/h8-10,15,17H,4-7H2,1-3H3. The van der Waals surface area contributed by atoms with E-state index in [1.165, 1.54) is 12.8 Å². The number of aliphatic hydroxyl groups is 1. The van der Waals surface area contributed by atoms with E-state index >= 15 is 0 Å². The Morgan fingerprint density at radius 3 is 2.89 bits per heavy atom. The molecule has 1 aromatic heterocycles. The molecule has 0 aromatic carbocycles. The van der Waals surface area contributed by atoms with Crippen LogP contribution in [0.4, 0.5) is 0 Å². The Morgan fingerprint density at radius 1 is 1.67 bits per heavy atom. The van der Waals surface area contributed by atoms with Gasteiger partial charge >= 0.3 is 0 Å². The Bertz CT molecular complexity index is 393. The van der Waals surface area contributed by atoms with Crippen LogP contribution in [-0.2, 0) is 7.05 Å². The van der Waals surface area contributed by atoms with Gasteiger partial charge in [-0.2, -0.15) is 5.10 Å². The van der Waals surface area contributed by atoms with Gasteiger partial charge in [0.05, 0.1) is 6.61 Å². The molecular weight excluding hydrogens is 248 g/mol. The minimum absolute atomic E-state index is 0.174. The number of hydrogen-bond acceptors (Lipinski definition) is 5. The van der Waals surface area contributed by atoms with Crippen LogP contribution in [0, 0.1) is 0 Å². The van der Waals surface area contributed by atoms with Crippen molar-refractivity contribution in [1.29, 1.82) is 0 Å². The molecule has 1 heterocycles. The molecule has 1 aliphatic carbocycles. The molecule has 2 atom stereocenters. The first-order valence-electron chi connectivity index (χ1n) is 6.41. The number of aryl methyl sites for hydroxylation is 1. The lowest BCUT2D eigenvalue weighted by Crippen LogP contribution is -2.48. The van der Waals surface area contributed by atoms with Crippen molar-refractivity contribution in [2.75, 3.05) is 6.61 Å². The molecule has 2 N–H and O–H groups in total. The van der Waals surface area contributed by atoms with Crippen molar-refractivity contribution in [1.82, 2.24) is 20.1 Å². The van der Waals surface area contributed by atoms with Gasteiger partial charge in [0.1, 0.15) is 6.33 Å². The zero-order valence-corrected chi connectivity index (χ0v) is 12.1. The summed E-state index contributed by atoms with van der Waals surface area (Å²) in [5, 5.41) is 18.5. The van der Waals surface area contributed by atoms with Crippen LogP contribution < -0.4 is 5.32 Å². The molecule has 0 amide bonds. The molecule has 0 spiro atoms. The minimum Gasteiger partial charge on any atom is -0.394 e. The molecule has 1 fully saturated rings. The van der Waals surface area contributed by atoms with Crippen molar-refractivity contribution in [3.8, 4) is 0 Å². The highest BCUT2D eigenvalue weighted by atomic mass is 32.2. The highest BCUT2D eigenvalue weighted by Crippen LogP contribution is 2.29. The molecule has 102 valence electrons. The fraction of sp³-hybridized carbons (Fsp3) is 0.833.